The van der Waals surface area contributed by atoms with E-state index in [0.29, 0.717) is 30.2 Å². The average molecular weight is 516 g/mol. The van der Waals surface area contributed by atoms with Crippen LogP contribution in [-0.2, 0) is 5.54 Å². The Bertz CT molecular complexity index is 969. The zero-order chi connectivity index (χ0) is 26.7. The minimum absolute atomic E-state index is 0.0696. The van der Waals surface area contributed by atoms with E-state index in [-0.39, 0.29) is 17.2 Å². The van der Waals surface area contributed by atoms with Crippen molar-refractivity contribution in [3.8, 4) is 5.88 Å². The van der Waals surface area contributed by atoms with E-state index in [1.807, 2.05) is 19.9 Å². The normalized spacial score (nSPS) is 15.2. The van der Waals surface area contributed by atoms with E-state index >= 15 is 0 Å². The Morgan fingerprint density at radius 1 is 1.08 bits per heavy atom. The molecule has 37 heavy (non-hydrogen) atoms. The number of hydrogen-bond donors (Lipinski definition) is 3. The predicted octanol–water partition coefficient (Wildman–Crippen LogP) is 6.06. The highest BCUT2D eigenvalue weighted by molar-refractivity contribution is 5.85. The van der Waals surface area contributed by atoms with Gasteiger partial charge in [-0.3, -0.25) is 0 Å². The number of nitrogens with zero attached hydrogens (tertiary/aromatic N) is 3. The molecule has 0 saturated heterocycles. The van der Waals surface area contributed by atoms with Gasteiger partial charge >= 0.3 is 5.97 Å². The molecule has 2 aromatic rings. The molecule has 2 aliphatic carbocycles. The monoisotopic (exact) mass is 515 g/mol. The lowest BCUT2D eigenvalue weighted by molar-refractivity contribution is 0.0689. The van der Waals surface area contributed by atoms with Crippen molar-refractivity contribution in [1.29, 1.82) is 0 Å². The summed E-state index contributed by atoms with van der Waals surface area (Å²) in [6, 6.07) is 3.43. The summed E-state index contributed by atoms with van der Waals surface area (Å²) >= 11 is 0. The fraction of sp³-hybridized carbons (Fsp3) is 0.714. The highest BCUT2D eigenvalue weighted by Gasteiger charge is 2.30. The Morgan fingerprint density at radius 3 is 2.32 bits per heavy atom. The van der Waals surface area contributed by atoms with E-state index in [4.69, 9.17) is 20.1 Å². The fourth-order valence-corrected chi connectivity index (χ4v) is 4.10. The number of anilines is 1. The minimum atomic E-state index is -0.997. The molecule has 2 heterocycles. The number of pyridine rings is 1. The number of nitrogens with two attached hydrogens (primary N) is 1. The third kappa shape index (κ3) is 10.3. The first kappa shape index (κ1) is 28.9. The molecule has 0 radical (unpaired) electrons. The molecule has 0 aliphatic heterocycles. The van der Waals surface area contributed by atoms with Crippen LogP contribution in [0.15, 0.2) is 16.7 Å². The Morgan fingerprint density at radius 2 is 1.76 bits per heavy atom. The lowest BCUT2D eigenvalue weighted by atomic mass is 10.0. The van der Waals surface area contributed by atoms with Crippen LogP contribution < -0.4 is 15.8 Å². The third-order valence-corrected chi connectivity index (χ3v) is 6.85. The molecule has 0 atom stereocenters. The van der Waals surface area contributed by atoms with Gasteiger partial charge in [-0.2, -0.15) is 4.98 Å². The second kappa shape index (κ2) is 14.3. The molecular formula is C28H45N5O4. The van der Waals surface area contributed by atoms with Gasteiger partial charge in [0, 0.05) is 5.56 Å². The third-order valence-electron chi connectivity index (χ3n) is 6.85. The number of carboxylic acid groups (broad SMARTS) is 1. The molecule has 2 aliphatic rings. The number of carboxylic acids is 1. The van der Waals surface area contributed by atoms with Crippen LogP contribution in [0.3, 0.4) is 0 Å². The Hall–Kier alpha value is -2.68. The van der Waals surface area contributed by atoms with Gasteiger partial charge in [-0.25, -0.2) is 9.78 Å². The molecule has 2 aromatic heterocycles. The van der Waals surface area contributed by atoms with Gasteiger partial charge in [-0.15, -0.1) is 0 Å². The first-order valence-electron chi connectivity index (χ1n) is 14.0. The van der Waals surface area contributed by atoms with Crippen molar-refractivity contribution < 1.29 is 19.2 Å². The SMILES string of the molecule is CCCCCCCCCCNC(C)(C)c1nc(N)no1.O=C(O)c1ccc(C2CC2)c(OCC2CC2)n1. The molecule has 9 nitrogen and oxygen atoms in total. The Balaban J connectivity index is 0.000000207. The van der Waals surface area contributed by atoms with E-state index in [9.17, 15) is 4.79 Å². The lowest BCUT2D eigenvalue weighted by Gasteiger charge is -2.21. The van der Waals surface area contributed by atoms with Crippen molar-refractivity contribution in [3.05, 3.63) is 29.3 Å². The van der Waals surface area contributed by atoms with Crippen molar-refractivity contribution in [3.63, 3.8) is 0 Å². The second-order valence-electron chi connectivity index (χ2n) is 10.9. The van der Waals surface area contributed by atoms with Gasteiger partial charge in [0.15, 0.2) is 5.69 Å². The largest absolute Gasteiger partial charge is 0.477 e. The average Bonchev–Trinajstić information content (AvgIpc) is 3.81. The minimum Gasteiger partial charge on any atom is -0.477 e. The standard InChI is InChI=1S/C15H30N4O.C13H15NO3/c1-4-5-6-7-8-9-10-11-12-17-15(2,3)13-18-14(16)19-20-13;15-13(16)11-6-5-10(9-3-4-9)12(14-11)17-7-8-1-2-8/h17H,4-12H2,1-3H3,(H2,16,19);5-6,8-9H,1-4,7H2,(H,15,16). The summed E-state index contributed by atoms with van der Waals surface area (Å²) in [5.74, 6) is 1.47. The zero-order valence-electron chi connectivity index (χ0n) is 22.8. The van der Waals surface area contributed by atoms with Gasteiger partial charge in [-0.1, -0.05) is 57.9 Å². The summed E-state index contributed by atoms with van der Waals surface area (Å²) in [5.41, 5.74) is 6.31. The van der Waals surface area contributed by atoms with Crippen molar-refractivity contribution in [2.75, 3.05) is 18.9 Å². The lowest BCUT2D eigenvalue weighted by Crippen LogP contribution is -2.37. The van der Waals surface area contributed by atoms with Crippen LogP contribution in [-0.4, -0.2) is 39.4 Å². The van der Waals surface area contributed by atoms with Crippen LogP contribution in [0.25, 0.3) is 0 Å². The van der Waals surface area contributed by atoms with Crippen LogP contribution in [0, 0.1) is 5.92 Å². The molecule has 9 heteroatoms. The topological polar surface area (TPSA) is 136 Å². The summed E-state index contributed by atoms with van der Waals surface area (Å²) in [4.78, 5) is 19.1. The van der Waals surface area contributed by atoms with E-state index in [1.54, 1.807) is 6.07 Å². The number of carbonyl (C=O) groups is 1. The Labute approximate surface area is 221 Å². The maximum Gasteiger partial charge on any atom is 0.354 e. The van der Waals surface area contributed by atoms with E-state index in [2.05, 4.69) is 27.4 Å². The number of nitrogens with one attached hydrogen (secondary N) is 1. The number of hydrogen-bond acceptors (Lipinski definition) is 8. The van der Waals surface area contributed by atoms with Crippen LogP contribution in [0.5, 0.6) is 5.88 Å². The van der Waals surface area contributed by atoms with Crippen LogP contribution in [0.4, 0.5) is 5.95 Å². The zero-order valence-corrected chi connectivity index (χ0v) is 22.8. The summed E-state index contributed by atoms with van der Waals surface area (Å²) in [7, 11) is 0. The number of aromatic carboxylic acids is 1. The second-order valence-corrected chi connectivity index (χ2v) is 10.9. The summed E-state index contributed by atoms with van der Waals surface area (Å²) in [6.45, 7) is 7.96. The molecular weight excluding hydrogens is 470 g/mol. The summed E-state index contributed by atoms with van der Waals surface area (Å²) < 4.78 is 10.8. The van der Waals surface area contributed by atoms with Crippen molar-refractivity contribution in [1.82, 2.24) is 20.4 Å². The first-order chi connectivity index (χ1) is 17.8. The number of unbranched alkanes of at least 4 members (excludes halogenated alkanes) is 7. The van der Waals surface area contributed by atoms with Gasteiger partial charge in [0.05, 0.1) is 12.1 Å². The highest BCUT2D eigenvalue weighted by Crippen LogP contribution is 2.44. The molecule has 4 N–H and O–H groups in total. The molecule has 0 amide bonds. The smallest absolute Gasteiger partial charge is 0.354 e. The predicted molar refractivity (Wildman–Crippen MR) is 144 cm³/mol. The molecule has 0 bridgehead atoms. The van der Waals surface area contributed by atoms with Crippen LogP contribution >= 0.6 is 0 Å². The maximum absolute atomic E-state index is 10.9. The van der Waals surface area contributed by atoms with E-state index < -0.39 is 5.97 Å². The molecule has 2 saturated carbocycles. The van der Waals surface area contributed by atoms with Gasteiger partial charge in [0.2, 0.25) is 11.8 Å². The molecule has 2 fully saturated rings. The van der Waals surface area contributed by atoms with Gasteiger partial charge in [0.1, 0.15) is 0 Å². The van der Waals surface area contributed by atoms with Crippen LogP contribution in [0.1, 0.15) is 126 Å². The molecule has 206 valence electrons. The van der Waals surface area contributed by atoms with Gasteiger partial charge in [0.25, 0.3) is 5.95 Å². The fourth-order valence-electron chi connectivity index (χ4n) is 4.10. The first-order valence-corrected chi connectivity index (χ1v) is 14.0. The molecule has 0 spiro atoms. The van der Waals surface area contributed by atoms with Crippen molar-refractivity contribution in [2.45, 2.75) is 109 Å². The molecule has 4 rings (SSSR count). The summed E-state index contributed by atoms with van der Waals surface area (Å²) in [5, 5.41) is 16.0. The quantitative estimate of drug-likeness (QED) is 0.228. The van der Waals surface area contributed by atoms with Crippen LogP contribution in [0.2, 0.25) is 0 Å². The van der Waals surface area contributed by atoms with E-state index in [0.717, 1.165) is 24.9 Å². The summed E-state index contributed by atoms with van der Waals surface area (Å²) in [6.07, 6.45) is 15.4. The maximum atomic E-state index is 10.9. The molecule has 0 aromatic carbocycles. The number of ether oxygens (including phenoxy) is 1. The van der Waals surface area contributed by atoms with Gasteiger partial charge in [-0.05, 0) is 75.6 Å². The number of aromatic nitrogens is 3. The van der Waals surface area contributed by atoms with E-state index in [1.165, 1.54) is 64.2 Å². The Kier molecular flexibility index (Phi) is 11.2. The van der Waals surface area contributed by atoms with Gasteiger partial charge < -0.3 is 25.4 Å². The number of rotatable bonds is 16. The highest BCUT2D eigenvalue weighted by atomic mass is 16.5. The van der Waals surface area contributed by atoms with Crippen molar-refractivity contribution in [2.24, 2.45) is 5.92 Å². The number of nitrogen functional groups attached to an aromatic ring is 1. The molecule has 0 unspecified atom stereocenters. The van der Waals surface area contributed by atoms with Crippen molar-refractivity contribution >= 4 is 11.9 Å².